The van der Waals surface area contributed by atoms with Gasteiger partial charge in [0.2, 0.25) is 0 Å². The zero-order valence-corrected chi connectivity index (χ0v) is 22.7. The highest BCUT2D eigenvalue weighted by molar-refractivity contribution is 6.74. The molecule has 0 amide bonds. The number of cyclic esters (lactones) is 1. The van der Waals surface area contributed by atoms with E-state index in [0.29, 0.717) is 12.8 Å². The first kappa shape index (κ1) is 28.0. The molecule has 0 radical (unpaired) electrons. The van der Waals surface area contributed by atoms with Gasteiger partial charge in [-0.3, -0.25) is 0 Å². The third-order valence-electron chi connectivity index (χ3n) is 7.18. The van der Waals surface area contributed by atoms with Crippen molar-refractivity contribution in [3.8, 4) is 0 Å². The Kier molecular flexibility index (Phi) is 11.6. The summed E-state index contributed by atoms with van der Waals surface area (Å²) in [4.78, 5) is 23.4. The van der Waals surface area contributed by atoms with E-state index in [1.54, 1.807) is 0 Å². The van der Waals surface area contributed by atoms with E-state index in [1.807, 2.05) is 18.2 Å². The van der Waals surface area contributed by atoms with Gasteiger partial charge in [-0.05, 0) is 49.3 Å². The summed E-state index contributed by atoms with van der Waals surface area (Å²) in [6.45, 7) is 15.3. The van der Waals surface area contributed by atoms with Crippen LogP contribution in [0.15, 0.2) is 24.3 Å². The Balaban J connectivity index is 3.39. The van der Waals surface area contributed by atoms with Crippen molar-refractivity contribution in [3.63, 3.8) is 0 Å². The molecule has 0 saturated carbocycles. The van der Waals surface area contributed by atoms with E-state index < -0.39 is 22.2 Å². The third-order valence-corrected chi connectivity index (χ3v) is 16.6. The quantitative estimate of drug-likeness (QED) is 0.124. The molecular weight excluding hydrogens is 424 g/mol. The topological polar surface area (TPSA) is 61.8 Å². The predicted octanol–water partition coefficient (Wildman–Crippen LogP) is 6.17. The average molecular weight is 469 g/mol. The highest BCUT2D eigenvalue weighted by Crippen LogP contribution is 2.36. The van der Waals surface area contributed by atoms with Gasteiger partial charge in [-0.1, -0.05) is 53.7 Å². The molecule has 0 saturated heterocycles. The molecule has 0 aromatic heterocycles. The molecule has 31 heavy (non-hydrogen) atoms. The summed E-state index contributed by atoms with van der Waals surface area (Å²) in [5.41, 5.74) is -0.750. The molecule has 0 bridgehead atoms. The van der Waals surface area contributed by atoms with Crippen LogP contribution in [0.1, 0.15) is 61.3 Å². The molecule has 0 spiro atoms. The number of hydrogen-bond donors (Lipinski definition) is 0. The Hall–Kier alpha value is -1.03. The van der Waals surface area contributed by atoms with Crippen LogP contribution < -0.4 is 0 Å². The molecule has 3 atom stereocenters. The summed E-state index contributed by atoms with van der Waals surface area (Å²) in [6.07, 6.45) is 8.47. The van der Waals surface area contributed by atoms with Crippen molar-refractivity contribution in [1.29, 1.82) is 0 Å². The van der Waals surface area contributed by atoms with Gasteiger partial charge in [-0.25, -0.2) is 4.79 Å². The number of aldehydes is 1. The van der Waals surface area contributed by atoms with Crippen molar-refractivity contribution in [2.75, 3.05) is 0 Å². The summed E-state index contributed by atoms with van der Waals surface area (Å²) in [6, 6.07) is 6.07. The van der Waals surface area contributed by atoms with Crippen LogP contribution in [0.2, 0.25) is 36.3 Å². The fraction of sp³-hybridized carbons (Fsp3) is 0.750. The number of carbonyl (C=O) groups is 2. The van der Waals surface area contributed by atoms with Gasteiger partial charge < -0.3 is 18.4 Å². The minimum atomic E-state index is -2.00. The smallest absolute Gasteiger partial charge is 0.331 e. The Labute approximate surface area is 191 Å². The number of esters is 1. The number of carbonyl (C=O) groups excluding carboxylic acids is 2. The van der Waals surface area contributed by atoms with E-state index in [4.69, 9.17) is 13.6 Å². The molecule has 1 heterocycles. The zero-order chi connectivity index (χ0) is 23.5. The van der Waals surface area contributed by atoms with Gasteiger partial charge in [0.1, 0.15) is 12.4 Å². The third kappa shape index (κ3) is 7.51. The monoisotopic (exact) mass is 468 g/mol. The molecule has 7 heteroatoms. The first-order valence-corrected chi connectivity index (χ1v) is 17.1. The van der Waals surface area contributed by atoms with E-state index >= 15 is 0 Å². The van der Waals surface area contributed by atoms with E-state index in [2.05, 4.69) is 48.5 Å². The highest BCUT2D eigenvalue weighted by Gasteiger charge is 2.45. The molecule has 0 aromatic rings. The average Bonchev–Trinajstić information content (AvgIpc) is 2.79. The SMILES string of the molecule is CC[Si](CC)(CC)O[C@H](CC=O)[C@@](C)(/C=C/C1CC=CC(=O)O1)O[Si](CC)(CC)CC. The summed E-state index contributed by atoms with van der Waals surface area (Å²) in [5, 5.41) is 0. The van der Waals surface area contributed by atoms with Crippen LogP contribution in [0.3, 0.4) is 0 Å². The first-order valence-electron chi connectivity index (χ1n) is 12.1. The molecule has 178 valence electrons. The number of ether oxygens (including phenoxy) is 1. The van der Waals surface area contributed by atoms with Crippen LogP contribution in [0, 0.1) is 0 Å². The molecule has 1 aliphatic heterocycles. The van der Waals surface area contributed by atoms with Gasteiger partial charge >= 0.3 is 5.97 Å². The first-order chi connectivity index (χ1) is 14.7. The van der Waals surface area contributed by atoms with Crippen LogP contribution in [0.4, 0.5) is 0 Å². The highest BCUT2D eigenvalue weighted by atomic mass is 28.4. The predicted molar refractivity (Wildman–Crippen MR) is 132 cm³/mol. The second kappa shape index (κ2) is 12.9. The maximum absolute atomic E-state index is 11.7. The Morgan fingerprint density at radius 3 is 2.06 bits per heavy atom. The van der Waals surface area contributed by atoms with Crippen LogP contribution in [-0.2, 0) is 23.2 Å². The summed E-state index contributed by atoms with van der Waals surface area (Å²) < 4.78 is 19.3. The van der Waals surface area contributed by atoms with Crippen molar-refractivity contribution in [1.82, 2.24) is 0 Å². The minimum absolute atomic E-state index is 0.293. The lowest BCUT2D eigenvalue weighted by atomic mass is 9.95. The lowest BCUT2D eigenvalue weighted by Crippen LogP contribution is -2.55. The fourth-order valence-electron chi connectivity index (χ4n) is 4.38. The maximum atomic E-state index is 11.7. The van der Waals surface area contributed by atoms with Gasteiger partial charge in [0.05, 0.1) is 11.7 Å². The molecule has 0 aliphatic carbocycles. The number of rotatable bonds is 15. The maximum Gasteiger partial charge on any atom is 0.331 e. The van der Waals surface area contributed by atoms with Crippen LogP contribution in [0.25, 0.3) is 0 Å². The largest absolute Gasteiger partial charge is 0.455 e. The lowest BCUT2D eigenvalue weighted by molar-refractivity contribution is -0.141. The number of hydrogen-bond acceptors (Lipinski definition) is 5. The van der Waals surface area contributed by atoms with Gasteiger partial charge in [0.25, 0.3) is 0 Å². The van der Waals surface area contributed by atoms with Gasteiger partial charge in [0.15, 0.2) is 16.6 Å². The van der Waals surface area contributed by atoms with E-state index in [0.717, 1.165) is 42.6 Å². The minimum Gasteiger partial charge on any atom is -0.455 e. The van der Waals surface area contributed by atoms with Crippen molar-refractivity contribution in [3.05, 3.63) is 24.3 Å². The van der Waals surface area contributed by atoms with Crippen LogP contribution in [0.5, 0.6) is 0 Å². The van der Waals surface area contributed by atoms with Crippen molar-refractivity contribution < 1.29 is 23.2 Å². The Morgan fingerprint density at radius 1 is 1.06 bits per heavy atom. The summed E-state index contributed by atoms with van der Waals surface area (Å²) >= 11 is 0. The van der Waals surface area contributed by atoms with Crippen molar-refractivity contribution in [2.24, 2.45) is 0 Å². The molecule has 1 unspecified atom stereocenters. The fourth-order valence-corrected chi connectivity index (χ4v) is 10.4. The standard InChI is InChI=1S/C24H44O5Si2/c1-8-30(9-2,10-3)28-22(18-20-25)24(7,29-31(11-4,12-5)13-6)19-17-21-15-14-16-23(26)27-21/h14,16-17,19-22H,8-13,15,18H2,1-7H3/b19-17+/t21?,22-,24-/m1/s1. The normalized spacial score (nSPS) is 20.5. The molecule has 5 nitrogen and oxygen atoms in total. The molecule has 1 aliphatic rings. The molecule has 1 rings (SSSR count). The van der Waals surface area contributed by atoms with Crippen molar-refractivity contribution in [2.45, 2.75) is 115 Å². The summed E-state index contributed by atoms with van der Waals surface area (Å²) in [5.74, 6) is -0.321. The van der Waals surface area contributed by atoms with Crippen LogP contribution >= 0.6 is 0 Å². The van der Waals surface area contributed by atoms with E-state index in [9.17, 15) is 9.59 Å². The Bertz CT molecular complexity index is 609. The van der Waals surface area contributed by atoms with Gasteiger partial charge in [0, 0.05) is 18.9 Å². The van der Waals surface area contributed by atoms with E-state index in [-0.39, 0.29) is 18.2 Å². The molecule has 0 N–H and O–H groups in total. The lowest BCUT2D eigenvalue weighted by Gasteiger charge is -2.46. The van der Waals surface area contributed by atoms with Gasteiger partial charge in [-0.2, -0.15) is 0 Å². The molecule has 0 aromatic carbocycles. The van der Waals surface area contributed by atoms with Crippen LogP contribution in [-0.4, -0.2) is 46.7 Å². The van der Waals surface area contributed by atoms with E-state index in [1.165, 1.54) is 6.08 Å². The molecular formula is C24H44O5Si2. The Morgan fingerprint density at radius 2 is 1.61 bits per heavy atom. The van der Waals surface area contributed by atoms with Gasteiger partial charge in [-0.15, -0.1) is 0 Å². The zero-order valence-electron chi connectivity index (χ0n) is 20.7. The molecule has 0 fully saturated rings. The van der Waals surface area contributed by atoms with Crippen molar-refractivity contribution >= 4 is 28.9 Å². The summed E-state index contributed by atoms with van der Waals surface area (Å²) in [7, 11) is -3.97. The second-order valence-electron chi connectivity index (χ2n) is 8.75. The second-order valence-corrected chi connectivity index (χ2v) is 18.2.